The molecule has 0 radical (unpaired) electrons. The first-order chi connectivity index (χ1) is 9.74. The number of fused-ring (bicyclic) bond motifs is 1. The van der Waals surface area contributed by atoms with Crippen molar-refractivity contribution in [3.63, 3.8) is 0 Å². The predicted molar refractivity (Wildman–Crippen MR) is 81.7 cm³/mol. The van der Waals surface area contributed by atoms with Gasteiger partial charge in [-0.05, 0) is 55.6 Å². The maximum atomic E-state index is 6.06. The quantitative estimate of drug-likeness (QED) is 0.869. The number of nitrogen functional groups attached to an aromatic ring is 1. The third-order valence-corrected chi connectivity index (χ3v) is 4.41. The molecular weight excluding hydrogens is 248 g/mol. The Morgan fingerprint density at radius 2 is 2.20 bits per heavy atom. The summed E-state index contributed by atoms with van der Waals surface area (Å²) in [5.41, 5.74) is 9.80. The second-order valence-electron chi connectivity index (χ2n) is 5.69. The molecule has 2 N–H and O–H groups in total. The molecule has 0 aliphatic heterocycles. The van der Waals surface area contributed by atoms with Crippen molar-refractivity contribution in [2.45, 2.75) is 31.7 Å². The van der Waals surface area contributed by atoms with Crippen molar-refractivity contribution in [1.82, 2.24) is 4.90 Å². The molecule has 1 unspecified atom stereocenters. The van der Waals surface area contributed by atoms with Crippen molar-refractivity contribution < 1.29 is 4.42 Å². The summed E-state index contributed by atoms with van der Waals surface area (Å²) in [6, 6.07) is 10.9. The number of anilines is 1. The Morgan fingerprint density at radius 1 is 1.30 bits per heavy atom. The molecule has 0 bridgehead atoms. The lowest BCUT2D eigenvalue weighted by molar-refractivity contribution is 0.220. The first-order valence-corrected chi connectivity index (χ1v) is 7.33. The van der Waals surface area contributed by atoms with E-state index in [4.69, 9.17) is 10.2 Å². The fraction of sp³-hybridized carbons (Fsp3) is 0.412. The van der Waals surface area contributed by atoms with Crippen LogP contribution in [0.1, 0.15) is 23.3 Å². The predicted octanol–water partition coefficient (Wildman–Crippen LogP) is 2.89. The van der Waals surface area contributed by atoms with Gasteiger partial charge < -0.3 is 15.1 Å². The van der Waals surface area contributed by atoms with Crippen molar-refractivity contribution in [3.05, 3.63) is 53.5 Å². The highest BCUT2D eigenvalue weighted by atomic mass is 16.3. The van der Waals surface area contributed by atoms with Gasteiger partial charge in [-0.2, -0.15) is 0 Å². The van der Waals surface area contributed by atoms with Crippen molar-refractivity contribution in [2.75, 3.05) is 19.3 Å². The molecule has 1 aliphatic carbocycles. The normalized spacial score (nSPS) is 18.2. The van der Waals surface area contributed by atoms with Crippen LogP contribution in [0.5, 0.6) is 0 Å². The molecule has 0 saturated carbocycles. The van der Waals surface area contributed by atoms with Gasteiger partial charge in [0.2, 0.25) is 0 Å². The third-order valence-electron chi connectivity index (χ3n) is 4.41. The zero-order chi connectivity index (χ0) is 13.9. The van der Waals surface area contributed by atoms with Gasteiger partial charge in [0.15, 0.2) is 0 Å². The van der Waals surface area contributed by atoms with Crippen LogP contribution in [0.4, 0.5) is 5.69 Å². The maximum Gasteiger partial charge on any atom is 0.105 e. The van der Waals surface area contributed by atoms with Crippen LogP contribution in [0.3, 0.4) is 0 Å². The number of likely N-dealkylation sites (N-methyl/N-ethyl adjacent to an activating group) is 1. The van der Waals surface area contributed by atoms with Crippen LogP contribution in [0.2, 0.25) is 0 Å². The Kier molecular flexibility index (Phi) is 3.79. The van der Waals surface area contributed by atoms with Crippen LogP contribution in [-0.4, -0.2) is 24.5 Å². The molecule has 3 heteroatoms. The minimum absolute atomic E-state index is 0.610. The topological polar surface area (TPSA) is 42.4 Å². The average molecular weight is 270 g/mol. The smallest absolute Gasteiger partial charge is 0.105 e. The summed E-state index contributed by atoms with van der Waals surface area (Å²) in [5, 5.41) is 0. The monoisotopic (exact) mass is 270 g/mol. The largest absolute Gasteiger partial charge is 0.469 e. The molecule has 0 amide bonds. The van der Waals surface area contributed by atoms with Crippen LogP contribution >= 0.6 is 0 Å². The highest BCUT2D eigenvalue weighted by Gasteiger charge is 2.23. The Labute approximate surface area is 120 Å². The van der Waals surface area contributed by atoms with Gasteiger partial charge in [-0.3, -0.25) is 0 Å². The van der Waals surface area contributed by atoms with E-state index < -0.39 is 0 Å². The number of nitrogens with two attached hydrogens (primary N) is 1. The molecule has 1 atom stereocenters. The summed E-state index contributed by atoms with van der Waals surface area (Å²) in [7, 11) is 2.21. The van der Waals surface area contributed by atoms with E-state index in [1.807, 2.05) is 18.2 Å². The van der Waals surface area contributed by atoms with Crippen molar-refractivity contribution in [2.24, 2.45) is 0 Å². The maximum absolute atomic E-state index is 6.06. The van der Waals surface area contributed by atoms with E-state index in [0.29, 0.717) is 6.04 Å². The van der Waals surface area contributed by atoms with Crippen molar-refractivity contribution >= 4 is 5.69 Å². The second-order valence-corrected chi connectivity index (χ2v) is 5.69. The van der Waals surface area contributed by atoms with Crippen LogP contribution < -0.4 is 5.73 Å². The molecule has 0 spiro atoms. The van der Waals surface area contributed by atoms with Crippen molar-refractivity contribution in [3.8, 4) is 0 Å². The van der Waals surface area contributed by atoms with E-state index >= 15 is 0 Å². The van der Waals surface area contributed by atoms with Crippen LogP contribution in [0.25, 0.3) is 0 Å². The van der Waals surface area contributed by atoms with Gasteiger partial charge in [0.05, 0.1) is 6.26 Å². The number of benzene rings is 1. The molecule has 1 aromatic carbocycles. The van der Waals surface area contributed by atoms with Crippen LogP contribution in [-0.2, 0) is 19.3 Å². The Bertz CT molecular complexity index is 562. The molecule has 2 aromatic rings. The van der Waals surface area contributed by atoms with E-state index in [-0.39, 0.29) is 0 Å². The summed E-state index contributed by atoms with van der Waals surface area (Å²) in [5.74, 6) is 1.07. The molecule has 106 valence electrons. The van der Waals surface area contributed by atoms with E-state index in [0.717, 1.165) is 37.3 Å². The molecule has 0 saturated heterocycles. The van der Waals surface area contributed by atoms with Crippen molar-refractivity contribution in [1.29, 1.82) is 0 Å². The van der Waals surface area contributed by atoms with Crippen LogP contribution in [0, 0.1) is 0 Å². The lowest BCUT2D eigenvalue weighted by atomic mass is 9.86. The highest BCUT2D eigenvalue weighted by molar-refractivity contribution is 5.52. The van der Waals surface area contributed by atoms with Gasteiger partial charge >= 0.3 is 0 Å². The Hall–Kier alpha value is -1.74. The lowest BCUT2D eigenvalue weighted by Crippen LogP contribution is -2.37. The van der Waals surface area contributed by atoms with Gasteiger partial charge in [0.1, 0.15) is 5.76 Å². The van der Waals surface area contributed by atoms with Gasteiger partial charge in [-0.25, -0.2) is 0 Å². The minimum atomic E-state index is 0.610. The lowest BCUT2D eigenvalue weighted by Gasteiger charge is -2.32. The van der Waals surface area contributed by atoms with E-state index in [1.54, 1.807) is 6.26 Å². The SMILES string of the molecule is CN(CCc1ccco1)C1CCc2c(N)cccc2C1. The first kappa shape index (κ1) is 13.3. The summed E-state index contributed by atoms with van der Waals surface area (Å²) in [4.78, 5) is 2.45. The standard InChI is InChI=1S/C17H22N2O/c1-19(10-9-15-5-3-11-20-15)14-7-8-16-13(12-14)4-2-6-17(16)18/h2-6,11,14H,7-10,12,18H2,1H3. The fourth-order valence-electron chi connectivity index (χ4n) is 3.12. The van der Waals surface area contributed by atoms with Gasteiger partial charge in [0, 0.05) is 24.7 Å². The zero-order valence-electron chi connectivity index (χ0n) is 12.0. The summed E-state index contributed by atoms with van der Waals surface area (Å²) in [6.45, 7) is 1.04. The summed E-state index contributed by atoms with van der Waals surface area (Å²) >= 11 is 0. The van der Waals surface area contributed by atoms with Gasteiger partial charge in [-0.15, -0.1) is 0 Å². The molecule has 1 aliphatic rings. The number of rotatable bonds is 4. The molecule has 20 heavy (non-hydrogen) atoms. The highest BCUT2D eigenvalue weighted by Crippen LogP contribution is 2.28. The van der Waals surface area contributed by atoms with E-state index in [9.17, 15) is 0 Å². The molecule has 0 fully saturated rings. The van der Waals surface area contributed by atoms with E-state index in [2.05, 4.69) is 24.1 Å². The summed E-state index contributed by atoms with van der Waals surface area (Å²) in [6.07, 6.45) is 6.11. The number of hydrogen-bond donors (Lipinski definition) is 1. The minimum Gasteiger partial charge on any atom is -0.469 e. The fourth-order valence-corrected chi connectivity index (χ4v) is 3.12. The molecule has 1 heterocycles. The second kappa shape index (κ2) is 5.71. The summed E-state index contributed by atoms with van der Waals surface area (Å²) < 4.78 is 5.40. The third kappa shape index (κ3) is 2.73. The number of furan rings is 1. The molecule has 3 nitrogen and oxygen atoms in total. The number of nitrogens with zero attached hydrogens (tertiary/aromatic N) is 1. The number of hydrogen-bond acceptors (Lipinski definition) is 3. The van der Waals surface area contributed by atoms with Gasteiger partial charge in [-0.1, -0.05) is 12.1 Å². The Balaban J connectivity index is 1.61. The Morgan fingerprint density at radius 3 is 3.00 bits per heavy atom. The van der Waals surface area contributed by atoms with Crippen LogP contribution in [0.15, 0.2) is 41.0 Å². The van der Waals surface area contributed by atoms with E-state index in [1.165, 1.54) is 17.5 Å². The molecule has 1 aromatic heterocycles. The zero-order valence-corrected chi connectivity index (χ0v) is 12.0. The first-order valence-electron chi connectivity index (χ1n) is 7.33. The molecule has 3 rings (SSSR count). The van der Waals surface area contributed by atoms with Gasteiger partial charge in [0.25, 0.3) is 0 Å². The molecular formula is C17H22N2O. The average Bonchev–Trinajstić information content (AvgIpc) is 2.98.